The molecule has 0 saturated carbocycles. The van der Waals surface area contributed by atoms with Crippen LogP contribution in [-0.4, -0.2) is 5.91 Å². The number of carbonyl (C=O) groups excluding carboxylic acids is 1. The monoisotopic (exact) mass is 219 g/mol. The molecule has 0 aromatic carbocycles. The van der Waals surface area contributed by atoms with E-state index in [1.807, 2.05) is 0 Å². The lowest BCUT2D eigenvalue weighted by molar-refractivity contribution is -0.114. The Bertz CT molecular complexity index is 439. The van der Waals surface area contributed by atoms with E-state index in [1.54, 1.807) is 11.3 Å². The highest BCUT2D eigenvalue weighted by Gasteiger charge is 2.19. The van der Waals surface area contributed by atoms with Crippen LogP contribution in [0.1, 0.15) is 35.8 Å². The largest absolute Gasteiger partial charge is 0.317 e. The SMILES string of the molecule is C#Cc1c(NC(C)=O)sc2c1CCCC2. The number of hydrogen-bond donors (Lipinski definition) is 1. The van der Waals surface area contributed by atoms with Crippen LogP contribution in [0, 0.1) is 12.3 Å². The topological polar surface area (TPSA) is 29.1 Å². The molecule has 1 heterocycles. The normalized spacial score (nSPS) is 14.1. The minimum absolute atomic E-state index is 0.0508. The number of nitrogens with one attached hydrogen (secondary N) is 1. The quantitative estimate of drug-likeness (QED) is 0.723. The average Bonchev–Trinajstić information content (AvgIpc) is 2.53. The molecule has 1 aromatic rings. The second-order valence-electron chi connectivity index (χ2n) is 3.74. The zero-order valence-electron chi connectivity index (χ0n) is 8.72. The standard InChI is InChI=1S/C12H13NOS/c1-3-9-10-6-4-5-7-11(10)15-12(9)13-8(2)14/h1H,4-7H2,2H3,(H,13,14). The molecule has 1 amide bonds. The van der Waals surface area contributed by atoms with E-state index in [1.165, 1.54) is 30.2 Å². The highest BCUT2D eigenvalue weighted by Crippen LogP contribution is 2.37. The fourth-order valence-corrected chi connectivity index (χ4v) is 3.27. The second-order valence-corrected chi connectivity index (χ2v) is 4.85. The van der Waals surface area contributed by atoms with E-state index in [-0.39, 0.29) is 5.91 Å². The van der Waals surface area contributed by atoms with Crippen molar-refractivity contribution < 1.29 is 4.79 Å². The van der Waals surface area contributed by atoms with Crippen LogP contribution in [0.15, 0.2) is 0 Å². The first kappa shape index (κ1) is 10.3. The number of anilines is 1. The molecule has 0 saturated heterocycles. The Labute approximate surface area is 93.7 Å². The van der Waals surface area contributed by atoms with E-state index in [0.717, 1.165) is 23.4 Å². The Balaban J connectivity index is 2.43. The molecular formula is C12H13NOS. The number of aryl methyl sites for hydroxylation is 1. The van der Waals surface area contributed by atoms with Gasteiger partial charge in [0.1, 0.15) is 5.00 Å². The molecule has 0 radical (unpaired) electrons. The first-order valence-corrected chi connectivity index (χ1v) is 5.92. The van der Waals surface area contributed by atoms with Gasteiger partial charge in [0.15, 0.2) is 0 Å². The van der Waals surface area contributed by atoms with Crippen molar-refractivity contribution in [2.24, 2.45) is 0 Å². The highest BCUT2D eigenvalue weighted by molar-refractivity contribution is 7.16. The number of carbonyl (C=O) groups is 1. The lowest BCUT2D eigenvalue weighted by atomic mass is 9.96. The van der Waals surface area contributed by atoms with Crippen LogP contribution in [0.3, 0.4) is 0 Å². The summed E-state index contributed by atoms with van der Waals surface area (Å²) in [4.78, 5) is 12.4. The van der Waals surface area contributed by atoms with E-state index in [2.05, 4.69) is 11.2 Å². The maximum absolute atomic E-state index is 11.0. The van der Waals surface area contributed by atoms with Crippen LogP contribution in [-0.2, 0) is 17.6 Å². The van der Waals surface area contributed by atoms with Crippen LogP contribution in [0.2, 0.25) is 0 Å². The van der Waals surface area contributed by atoms with E-state index in [9.17, 15) is 4.79 Å². The summed E-state index contributed by atoms with van der Waals surface area (Å²) in [5.74, 6) is 2.65. The van der Waals surface area contributed by atoms with Crippen molar-refractivity contribution >= 4 is 22.2 Å². The van der Waals surface area contributed by atoms with Gasteiger partial charge in [0, 0.05) is 11.8 Å². The van der Waals surface area contributed by atoms with Crippen molar-refractivity contribution in [2.75, 3.05) is 5.32 Å². The van der Waals surface area contributed by atoms with Crippen LogP contribution >= 0.6 is 11.3 Å². The fraction of sp³-hybridized carbons (Fsp3) is 0.417. The predicted octanol–water partition coefficient (Wildman–Crippen LogP) is 2.57. The minimum atomic E-state index is -0.0508. The molecule has 1 aromatic heterocycles. The summed E-state index contributed by atoms with van der Waals surface area (Å²) in [6, 6.07) is 0. The van der Waals surface area contributed by atoms with Gasteiger partial charge in [-0.25, -0.2) is 0 Å². The molecular weight excluding hydrogens is 206 g/mol. The van der Waals surface area contributed by atoms with Crippen molar-refractivity contribution in [3.63, 3.8) is 0 Å². The summed E-state index contributed by atoms with van der Waals surface area (Å²) in [7, 11) is 0. The summed E-state index contributed by atoms with van der Waals surface area (Å²) in [5, 5.41) is 3.68. The van der Waals surface area contributed by atoms with Crippen molar-refractivity contribution in [3.05, 3.63) is 16.0 Å². The molecule has 78 valence electrons. The van der Waals surface area contributed by atoms with E-state index in [4.69, 9.17) is 6.42 Å². The van der Waals surface area contributed by atoms with E-state index < -0.39 is 0 Å². The molecule has 0 fully saturated rings. The van der Waals surface area contributed by atoms with Crippen LogP contribution < -0.4 is 5.32 Å². The number of amides is 1. The molecule has 0 atom stereocenters. The van der Waals surface area contributed by atoms with Gasteiger partial charge < -0.3 is 5.32 Å². The second kappa shape index (κ2) is 4.08. The third kappa shape index (κ3) is 1.91. The van der Waals surface area contributed by atoms with E-state index >= 15 is 0 Å². The van der Waals surface area contributed by atoms with Gasteiger partial charge in [-0.3, -0.25) is 4.79 Å². The zero-order valence-corrected chi connectivity index (χ0v) is 9.54. The Hall–Kier alpha value is -1.27. The number of fused-ring (bicyclic) bond motifs is 1. The number of rotatable bonds is 1. The van der Waals surface area contributed by atoms with Gasteiger partial charge in [0.25, 0.3) is 0 Å². The van der Waals surface area contributed by atoms with Gasteiger partial charge in [-0.2, -0.15) is 0 Å². The van der Waals surface area contributed by atoms with Gasteiger partial charge in [-0.05, 0) is 31.2 Å². The third-order valence-corrected chi connectivity index (χ3v) is 3.81. The van der Waals surface area contributed by atoms with Crippen LogP contribution in [0.5, 0.6) is 0 Å². The molecule has 3 heteroatoms. The summed E-state index contributed by atoms with van der Waals surface area (Å²) in [6.07, 6.45) is 10.1. The zero-order chi connectivity index (χ0) is 10.8. The summed E-state index contributed by atoms with van der Waals surface area (Å²) in [5.41, 5.74) is 2.20. The minimum Gasteiger partial charge on any atom is -0.317 e. The maximum Gasteiger partial charge on any atom is 0.221 e. The van der Waals surface area contributed by atoms with Crippen molar-refractivity contribution in [1.82, 2.24) is 0 Å². The van der Waals surface area contributed by atoms with Gasteiger partial charge in [0.2, 0.25) is 5.91 Å². The van der Waals surface area contributed by atoms with Gasteiger partial charge in [0.05, 0.1) is 5.56 Å². The third-order valence-electron chi connectivity index (χ3n) is 2.61. The van der Waals surface area contributed by atoms with E-state index in [0.29, 0.717) is 0 Å². The fourth-order valence-electron chi connectivity index (χ4n) is 1.97. The van der Waals surface area contributed by atoms with Crippen LogP contribution in [0.4, 0.5) is 5.00 Å². The molecule has 1 aliphatic rings. The number of hydrogen-bond acceptors (Lipinski definition) is 2. The summed E-state index contributed by atoms with van der Waals surface area (Å²) < 4.78 is 0. The molecule has 2 rings (SSSR count). The van der Waals surface area contributed by atoms with Crippen molar-refractivity contribution in [3.8, 4) is 12.3 Å². The smallest absolute Gasteiger partial charge is 0.221 e. The summed E-state index contributed by atoms with van der Waals surface area (Å²) >= 11 is 1.64. The Morgan fingerprint density at radius 3 is 2.87 bits per heavy atom. The Morgan fingerprint density at radius 1 is 1.47 bits per heavy atom. The van der Waals surface area contributed by atoms with Crippen molar-refractivity contribution in [2.45, 2.75) is 32.6 Å². The first-order chi connectivity index (χ1) is 7.22. The Kier molecular flexibility index (Phi) is 2.79. The molecule has 0 aliphatic heterocycles. The molecule has 0 bridgehead atoms. The average molecular weight is 219 g/mol. The van der Waals surface area contributed by atoms with Gasteiger partial charge in [-0.1, -0.05) is 5.92 Å². The number of thiophene rings is 1. The molecule has 1 aliphatic carbocycles. The highest BCUT2D eigenvalue weighted by atomic mass is 32.1. The molecule has 0 unspecified atom stereocenters. The number of terminal acetylenes is 1. The lowest BCUT2D eigenvalue weighted by Gasteiger charge is -2.10. The first-order valence-electron chi connectivity index (χ1n) is 5.11. The van der Waals surface area contributed by atoms with Crippen molar-refractivity contribution in [1.29, 1.82) is 0 Å². The lowest BCUT2D eigenvalue weighted by Crippen LogP contribution is -2.05. The molecule has 15 heavy (non-hydrogen) atoms. The predicted molar refractivity (Wildman–Crippen MR) is 63.2 cm³/mol. The molecule has 2 nitrogen and oxygen atoms in total. The van der Waals surface area contributed by atoms with Gasteiger partial charge >= 0.3 is 0 Å². The van der Waals surface area contributed by atoms with Gasteiger partial charge in [-0.15, -0.1) is 17.8 Å². The maximum atomic E-state index is 11.0. The summed E-state index contributed by atoms with van der Waals surface area (Å²) in [6.45, 7) is 1.51. The molecule has 0 spiro atoms. The molecule has 1 N–H and O–H groups in total. The van der Waals surface area contributed by atoms with Crippen LogP contribution in [0.25, 0.3) is 0 Å². The Morgan fingerprint density at radius 2 is 2.20 bits per heavy atom.